The molecular formula is C70H119N2O6P. The van der Waals surface area contributed by atoms with Crippen molar-refractivity contribution < 1.29 is 32.9 Å². The Hall–Kier alpha value is -3.62. The van der Waals surface area contributed by atoms with E-state index < -0.39 is 26.6 Å². The lowest BCUT2D eigenvalue weighted by atomic mass is 10.0. The maximum absolute atomic E-state index is 13.0. The number of unbranched alkanes of at least 4 members (excludes halogenated alkanes) is 21. The Morgan fingerprint density at radius 1 is 0.456 bits per heavy atom. The summed E-state index contributed by atoms with van der Waals surface area (Å²) in [6.45, 7) is 4.49. The van der Waals surface area contributed by atoms with Gasteiger partial charge in [0.15, 0.2) is 0 Å². The minimum absolute atomic E-state index is 0.0192. The van der Waals surface area contributed by atoms with Gasteiger partial charge in [0.2, 0.25) is 5.91 Å². The molecule has 0 aromatic heterocycles. The van der Waals surface area contributed by atoms with Gasteiger partial charge in [0.1, 0.15) is 13.2 Å². The predicted molar refractivity (Wildman–Crippen MR) is 343 cm³/mol. The topological polar surface area (TPSA) is 108 Å². The molecule has 79 heavy (non-hydrogen) atoms. The third kappa shape index (κ3) is 61.8. The molecule has 1 amide bonds. The molecule has 0 aliphatic carbocycles. The number of hydrogen-bond acceptors (Lipinski definition) is 6. The van der Waals surface area contributed by atoms with Crippen molar-refractivity contribution in [1.82, 2.24) is 5.32 Å². The molecule has 3 unspecified atom stereocenters. The molecular weight excluding hydrogens is 996 g/mol. The molecule has 9 heteroatoms. The summed E-state index contributed by atoms with van der Waals surface area (Å²) in [6.07, 6.45) is 90.8. The van der Waals surface area contributed by atoms with Crippen LogP contribution in [0.2, 0.25) is 0 Å². The van der Waals surface area contributed by atoms with Crippen molar-refractivity contribution in [2.75, 3.05) is 40.9 Å². The van der Waals surface area contributed by atoms with Crippen LogP contribution in [0.5, 0.6) is 0 Å². The number of amides is 1. The van der Waals surface area contributed by atoms with Gasteiger partial charge in [-0.2, -0.15) is 0 Å². The van der Waals surface area contributed by atoms with E-state index in [0.717, 1.165) is 116 Å². The first-order valence-corrected chi connectivity index (χ1v) is 33.2. The van der Waals surface area contributed by atoms with Gasteiger partial charge in [-0.3, -0.25) is 9.36 Å². The third-order valence-corrected chi connectivity index (χ3v) is 14.2. The van der Waals surface area contributed by atoms with E-state index in [0.29, 0.717) is 17.4 Å². The highest BCUT2D eigenvalue weighted by Gasteiger charge is 2.23. The van der Waals surface area contributed by atoms with Crippen molar-refractivity contribution in [3.63, 3.8) is 0 Å². The van der Waals surface area contributed by atoms with E-state index in [1.165, 1.54) is 103 Å². The average Bonchev–Trinajstić information content (AvgIpc) is 3.42. The molecule has 0 radical (unpaired) electrons. The number of carbonyl (C=O) groups excluding carboxylic acids is 1. The lowest BCUT2D eigenvalue weighted by Gasteiger charge is -2.29. The number of phosphoric ester groups is 1. The van der Waals surface area contributed by atoms with Crippen LogP contribution in [0.1, 0.15) is 239 Å². The van der Waals surface area contributed by atoms with Crippen LogP contribution in [0, 0.1) is 0 Å². The number of allylic oxidation sites excluding steroid dienone is 23. The number of aliphatic hydroxyl groups excluding tert-OH is 1. The van der Waals surface area contributed by atoms with E-state index in [1.807, 2.05) is 27.2 Å². The summed E-state index contributed by atoms with van der Waals surface area (Å²) in [7, 11) is 1.21. The van der Waals surface area contributed by atoms with Crippen molar-refractivity contribution in [2.24, 2.45) is 0 Å². The molecule has 0 bridgehead atoms. The monoisotopic (exact) mass is 1110 g/mol. The minimum atomic E-state index is -4.63. The summed E-state index contributed by atoms with van der Waals surface area (Å²) in [6, 6.07) is -0.928. The van der Waals surface area contributed by atoms with Crippen molar-refractivity contribution in [2.45, 2.75) is 251 Å². The van der Waals surface area contributed by atoms with Gasteiger partial charge >= 0.3 is 0 Å². The third-order valence-electron chi connectivity index (χ3n) is 13.3. The quantitative estimate of drug-likeness (QED) is 0.0272. The van der Waals surface area contributed by atoms with Crippen LogP contribution in [-0.2, 0) is 18.4 Å². The van der Waals surface area contributed by atoms with E-state index in [2.05, 4.69) is 153 Å². The number of hydrogen-bond donors (Lipinski definition) is 2. The maximum atomic E-state index is 13.0. The molecule has 0 aliphatic heterocycles. The summed E-state index contributed by atoms with van der Waals surface area (Å²) >= 11 is 0. The van der Waals surface area contributed by atoms with Gasteiger partial charge in [0, 0.05) is 6.42 Å². The summed E-state index contributed by atoms with van der Waals surface area (Å²) in [5.41, 5.74) is 0. The van der Waals surface area contributed by atoms with Gasteiger partial charge in [0.05, 0.1) is 39.9 Å². The Morgan fingerprint density at radius 2 is 0.785 bits per heavy atom. The van der Waals surface area contributed by atoms with Crippen LogP contribution < -0.4 is 10.2 Å². The summed E-state index contributed by atoms with van der Waals surface area (Å²) in [5, 5.41) is 13.9. The Balaban J connectivity index is 4.28. The molecule has 0 aromatic carbocycles. The first-order chi connectivity index (χ1) is 38.5. The van der Waals surface area contributed by atoms with Crippen LogP contribution >= 0.6 is 7.82 Å². The van der Waals surface area contributed by atoms with E-state index in [1.54, 1.807) is 6.08 Å². The summed E-state index contributed by atoms with van der Waals surface area (Å²) in [4.78, 5) is 25.6. The van der Waals surface area contributed by atoms with Gasteiger partial charge < -0.3 is 28.8 Å². The standard InChI is InChI=1S/C70H119N2O6P/c1-6-8-10-12-14-16-18-20-22-24-26-28-30-31-32-33-34-35-36-37-38-39-40-41-42-44-46-48-50-52-54-56-58-60-62-64-70(74)71-68(67-78-79(75,76)77-66-65-72(3,4)5)69(73)63-61-59-57-55-53-51-49-47-45-43-29-27-25-23-21-19-17-15-13-11-9-7-2/h8,10,14,16,20,22,26,28,31-32,34-35,37-38,40-41,44-47,53,55,61,63,68-69,73H,6-7,9,11-13,15,17-19,21,23-25,27,29-30,33,36,39,42-43,48-52,54,56-60,62,64-67H2,1-5H3,(H-,71,74,75,76)/b10-8-,16-14-,22-20-,28-26-,32-31-,35-34-,38-37-,41-40-,46-44-,47-45+,55-53+,63-61+. The fraction of sp³-hybridized carbons (Fsp3) is 0.643. The smallest absolute Gasteiger partial charge is 0.268 e. The number of aliphatic hydroxyl groups is 1. The van der Waals surface area contributed by atoms with Crippen LogP contribution in [0.15, 0.2) is 146 Å². The fourth-order valence-electron chi connectivity index (χ4n) is 8.35. The van der Waals surface area contributed by atoms with E-state index in [4.69, 9.17) is 9.05 Å². The molecule has 0 saturated carbocycles. The highest BCUT2D eigenvalue weighted by molar-refractivity contribution is 7.45. The Morgan fingerprint density at radius 3 is 1.18 bits per heavy atom. The van der Waals surface area contributed by atoms with Crippen LogP contribution in [0.25, 0.3) is 0 Å². The predicted octanol–water partition coefficient (Wildman–Crippen LogP) is 19.4. The van der Waals surface area contributed by atoms with Gasteiger partial charge in [0.25, 0.3) is 7.82 Å². The van der Waals surface area contributed by atoms with E-state index in [-0.39, 0.29) is 12.5 Å². The Labute approximate surface area is 487 Å². The first kappa shape index (κ1) is 75.4. The normalized spacial score (nSPS) is 14.8. The molecule has 8 nitrogen and oxygen atoms in total. The molecule has 3 atom stereocenters. The highest BCUT2D eigenvalue weighted by atomic mass is 31.2. The Kier molecular flexibility index (Phi) is 56.3. The second kappa shape index (κ2) is 59.0. The van der Waals surface area contributed by atoms with Crippen molar-refractivity contribution in [3.8, 4) is 0 Å². The second-order valence-electron chi connectivity index (χ2n) is 22.0. The zero-order valence-corrected chi connectivity index (χ0v) is 52.2. The van der Waals surface area contributed by atoms with Gasteiger partial charge in [-0.1, -0.05) is 262 Å². The molecule has 2 N–H and O–H groups in total. The number of carbonyl (C=O) groups is 1. The lowest BCUT2D eigenvalue weighted by Crippen LogP contribution is -2.45. The number of phosphoric acid groups is 1. The SMILES string of the molecule is CC/C=C\C/C=C\C/C=C\C/C=C\C/C=C\C/C=C\C/C=C\C/C=C\C/C=C\CCCCCCCCCC(=O)NC(COP(=O)([O-])OCC[N+](C)(C)C)C(O)/C=C/CC/C=C/CC/C=C/CCCCCCCCCCCCCC. The molecule has 0 saturated heterocycles. The van der Waals surface area contributed by atoms with Crippen molar-refractivity contribution >= 4 is 13.7 Å². The van der Waals surface area contributed by atoms with Crippen LogP contribution in [0.4, 0.5) is 0 Å². The zero-order valence-electron chi connectivity index (χ0n) is 51.3. The fourth-order valence-corrected chi connectivity index (χ4v) is 9.08. The minimum Gasteiger partial charge on any atom is -0.756 e. The number of rotatable bonds is 56. The van der Waals surface area contributed by atoms with Gasteiger partial charge in [-0.15, -0.1) is 0 Å². The first-order valence-electron chi connectivity index (χ1n) is 31.7. The molecule has 0 spiro atoms. The molecule has 0 rings (SSSR count). The zero-order chi connectivity index (χ0) is 57.7. The second-order valence-corrected chi connectivity index (χ2v) is 23.4. The molecule has 0 heterocycles. The average molecular weight is 1120 g/mol. The van der Waals surface area contributed by atoms with Gasteiger partial charge in [-0.25, -0.2) is 0 Å². The largest absolute Gasteiger partial charge is 0.756 e. The van der Waals surface area contributed by atoms with Crippen LogP contribution in [0.3, 0.4) is 0 Å². The highest BCUT2D eigenvalue weighted by Crippen LogP contribution is 2.38. The van der Waals surface area contributed by atoms with Crippen molar-refractivity contribution in [3.05, 3.63) is 146 Å². The molecule has 0 aliphatic rings. The molecule has 0 fully saturated rings. The molecule has 450 valence electrons. The number of nitrogens with zero attached hydrogens (tertiary/aromatic N) is 1. The van der Waals surface area contributed by atoms with E-state index >= 15 is 0 Å². The maximum Gasteiger partial charge on any atom is 0.268 e. The van der Waals surface area contributed by atoms with Crippen molar-refractivity contribution in [1.29, 1.82) is 0 Å². The van der Waals surface area contributed by atoms with Crippen LogP contribution in [-0.4, -0.2) is 68.5 Å². The Bertz CT molecular complexity index is 1790. The summed E-state index contributed by atoms with van der Waals surface area (Å²) in [5.74, 6) is -0.228. The number of nitrogens with one attached hydrogen (secondary N) is 1. The number of likely N-dealkylation sites (N-methyl/N-ethyl adjacent to an activating group) is 1. The lowest BCUT2D eigenvalue weighted by molar-refractivity contribution is -0.870. The summed E-state index contributed by atoms with van der Waals surface area (Å²) < 4.78 is 23.4. The van der Waals surface area contributed by atoms with E-state index in [9.17, 15) is 19.4 Å². The van der Waals surface area contributed by atoms with Gasteiger partial charge in [-0.05, 0) is 116 Å². The molecule has 0 aromatic rings. The number of quaternary nitrogens is 1.